The van der Waals surface area contributed by atoms with Gasteiger partial charge in [-0.3, -0.25) is 0 Å². The van der Waals surface area contributed by atoms with Gasteiger partial charge in [0.25, 0.3) is 0 Å². The van der Waals surface area contributed by atoms with E-state index in [1.165, 1.54) is 122 Å². The van der Waals surface area contributed by atoms with E-state index in [1.807, 2.05) is 0 Å². The quantitative estimate of drug-likeness (QED) is 0.143. The van der Waals surface area contributed by atoms with Crippen LogP contribution in [0, 0.1) is 13.8 Å². The van der Waals surface area contributed by atoms with E-state index in [4.69, 9.17) is 0 Å². The average molecular weight is 349 g/mol. The molecule has 0 atom stereocenters. The molecule has 0 saturated carbocycles. The average Bonchev–Trinajstić information content (AvgIpc) is 2.63. The number of rotatable bonds is 21. The van der Waals surface area contributed by atoms with Crippen molar-refractivity contribution in [2.75, 3.05) is 0 Å². The molecule has 0 spiro atoms. The van der Waals surface area contributed by atoms with E-state index in [-0.39, 0.29) is 0 Å². The predicted molar refractivity (Wildman–Crippen MR) is 117 cm³/mol. The lowest BCUT2D eigenvalue weighted by Crippen LogP contribution is -1.83. The van der Waals surface area contributed by atoms with Crippen molar-refractivity contribution in [3.63, 3.8) is 0 Å². The zero-order valence-corrected chi connectivity index (χ0v) is 17.4. The van der Waals surface area contributed by atoms with Crippen molar-refractivity contribution in [3.05, 3.63) is 26.0 Å². The first kappa shape index (κ1) is 24.7. The maximum Gasteiger partial charge on any atom is -0.0351 e. The van der Waals surface area contributed by atoms with Crippen molar-refractivity contribution in [2.24, 2.45) is 0 Å². The van der Waals surface area contributed by atoms with Gasteiger partial charge in [-0.1, -0.05) is 135 Å². The Balaban J connectivity index is 3.02. The standard InChI is InChI=1S/C25H48/c1-3-5-7-9-11-13-15-17-19-21-23-25-24-22-20-18-16-14-12-10-8-6-4-2/h15,17H,1-14,16,18-25H2. The van der Waals surface area contributed by atoms with Crippen molar-refractivity contribution in [3.8, 4) is 0 Å². The highest BCUT2D eigenvalue weighted by Gasteiger charge is 1.94. The zero-order chi connectivity index (χ0) is 18.3. The summed E-state index contributed by atoms with van der Waals surface area (Å²) in [6, 6.07) is 0. The van der Waals surface area contributed by atoms with Gasteiger partial charge >= 0.3 is 0 Å². The van der Waals surface area contributed by atoms with Gasteiger partial charge in [0, 0.05) is 0 Å². The summed E-state index contributed by atoms with van der Waals surface area (Å²) in [4.78, 5) is 0. The molecule has 0 heteroatoms. The highest BCUT2D eigenvalue weighted by Crippen LogP contribution is 2.13. The van der Waals surface area contributed by atoms with Crippen LogP contribution in [0.4, 0.5) is 0 Å². The summed E-state index contributed by atoms with van der Waals surface area (Å²) in [6.07, 6.45) is 33.7. The molecule has 0 amide bonds. The first-order valence-electron chi connectivity index (χ1n) is 11.6. The van der Waals surface area contributed by atoms with E-state index in [1.54, 1.807) is 0 Å². The van der Waals surface area contributed by atoms with Crippen molar-refractivity contribution in [1.29, 1.82) is 0 Å². The summed E-state index contributed by atoms with van der Waals surface area (Å²) in [5.74, 6) is 0. The van der Waals surface area contributed by atoms with E-state index < -0.39 is 0 Å². The number of hydrogen-bond acceptors (Lipinski definition) is 0. The predicted octanol–water partition coefficient (Wildman–Crippen LogP) is 9.40. The molecule has 148 valence electrons. The normalized spacial score (nSPS) is 11.6. The van der Waals surface area contributed by atoms with Gasteiger partial charge in [-0.15, -0.1) is 0 Å². The first-order valence-corrected chi connectivity index (χ1v) is 11.6. The molecule has 0 nitrogen and oxygen atoms in total. The fourth-order valence-electron chi connectivity index (χ4n) is 3.41. The molecule has 0 fully saturated rings. The van der Waals surface area contributed by atoms with Gasteiger partial charge in [0.15, 0.2) is 0 Å². The Bertz CT molecular complexity index is 240. The van der Waals surface area contributed by atoms with Gasteiger partial charge in [-0.2, -0.15) is 0 Å². The molecule has 0 aromatic heterocycles. The fraction of sp³-hybridized carbons (Fsp3) is 0.840. The SMILES string of the molecule is [CH2]CCCCCCC=CCCCCCCCCCCCCCCC[CH2]. The van der Waals surface area contributed by atoms with Crippen LogP contribution in [0.15, 0.2) is 12.2 Å². The number of allylic oxidation sites excluding steroid dienone is 2. The minimum absolute atomic E-state index is 1.10. The smallest absolute Gasteiger partial charge is 0.0351 e. The van der Waals surface area contributed by atoms with Crippen molar-refractivity contribution in [1.82, 2.24) is 0 Å². The van der Waals surface area contributed by atoms with Crippen molar-refractivity contribution in [2.45, 2.75) is 135 Å². The Morgan fingerprint density at radius 3 is 0.840 bits per heavy atom. The summed E-state index contributed by atoms with van der Waals surface area (Å²) in [6.45, 7) is 7.80. The molecule has 0 aliphatic rings. The van der Waals surface area contributed by atoms with E-state index in [0.29, 0.717) is 0 Å². The maximum atomic E-state index is 3.90. The molecule has 0 unspecified atom stereocenters. The summed E-state index contributed by atoms with van der Waals surface area (Å²) < 4.78 is 0. The van der Waals surface area contributed by atoms with Gasteiger partial charge in [0.05, 0.1) is 0 Å². The van der Waals surface area contributed by atoms with E-state index >= 15 is 0 Å². The van der Waals surface area contributed by atoms with Gasteiger partial charge < -0.3 is 0 Å². The van der Waals surface area contributed by atoms with Gasteiger partial charge in [-0.25, -0.2) is 0 Å². The maximum absolute atomic E-state index is 3.90. The van der Waals surface area contributed by atoms with Crippen LogP contribution in [-0.2, 0) is 0 Å². The zero-order valence-electron chi connectivity index (χ0n) is 17.4. The van der Waals surface area contributed by atoms with Gasteiger partial charge in [0.1, 0.15) is 0 Å². The summed E-state index contributed by atoms with van der Waals surface area (Å²) in [5, 5.41) is 0. The molecule has 0 aliphatic carbocycles. The Kier molecular flexibility index (Phi) is 23.5. The molecule has 0 rings (SSSR count). The molecule has 0 aromatic rings. The van der Waals surface area contributed by atoms with Gasteiger partial charge in [0.2, 0.25) is 0 Å². The highest BCUT2D eigenvalue weighted by molar-refractivity contribution is 4.81. The van der Waals surface area contributed by atoms with Gasteiger partial charge in [-0.05, 0) is 25.7 Å². The third-order valence-corrected chi connectivity index (χ3v) is 5.16. The van der Waals surface area contributed by atoms with E-state index in [0.717, 1.165) is 12.8 Å². The largest absolute Gasteiger partial charge is 0.0885 e. The molecular weight excluding hydrogens is 300 g/mol. The Hall–Kier alpha value is -0.260. The van der Waals surface area contributed by atoms with Crippen LogP contribution in [0.5, 0.6) is 0 Å². The topological polar surface area (TPSA) is 0 Å². The lowest BCUT2D eigenvalue weighted by molar-refractivity contribution is 0.537. The minimum Gasteiger partial charge on any atom is -0.0885 e. The molecule has 2 radical (unpaired) electrons. The van der Waals surface area contributed by atoms with Crippen LogP contribution in [0.2, 0.25) is 0 Å². The van der Waals surface area contributed by atoms with Crippen LogP contribution < -0.4 is 0 Å². The first-order chi connectivity index (χ1) is 12.4. The lowest BCUT2D eigenvalue weighted by atomic mass is 10.0. The molecule has 0 aliphatic heterocycles. The fourth-order valence-corrected chi connectivity index (χ4v) is 3.41. The summed E-state index contributed by atoms with van der Waals surface area (Å²) in [5.41, 5.74) is 0. The summed E-state index contributed by atoms with van der Waals surface area (Å²) in [7, 11) is 0. The molecule has 0 bridgehead atoms. The molecular formula is C25H48. The second kappa shape index (κ2) is 23.7. The van der Waals surface area contributed by atoms with Crippen LogP contribution in [0.25, 0.3) is 0 Å². The summed E-state index contributed by atoms with van der Waals surface area (Å²) >= 11 is 0. The molecule has 0 aromatic carbocycles. The highest BCUT2D eigenvalue weighted by atomic mass is 14.0. The van der Waals surface area contributed by atoms with Crippen molar-refractivity contribution < 1.29 is 0 Å². The monoisotopic (exact) mass is 348 g/mol. The second-order valence-corrected chi connectivity index (χ2v) is 7.77. The van der Waals surface area contributed by atoms with E-state index in [9.17, 15) is 0 Å². The minimum atomic E-state index is 1.10. The Morgan fingerprint density at radius 1 is 0.320 bits per heavy atom. The van der Waals surface area contributed by atoms with Crippen LogP contribution in [0.1, 0.15) is 135 Å². The number of unbranched alkanes of at least 4 members (excludes halogenated alkanes) is 19. The Morgan fingerprint density at radius 2 is 0.560 bits per heavy atom. The van der Waals surface area contributed by atoms with Crippen molar-refractivity contribution >= 4 is 0 Å². The second-order valence-electron chi connectivity index (χ2n) is 7.77. The third-order valence-electron chi connectivity index (χ3n) is 5.16. The molecule has 25 heavy (non-hydrogen) atoms. The molecule has 0 heterocycles. The van der Waals surface area contributed by atoms with E-state index in [2.05, 4.69) is 26.0 Å². The molecule has 0 N–H and O–H groups in total. The third kappa shape index (κ3) is 23.7. The van der Waals surface area contributed by atoms with Crippen LogP contribution in [0.3, 0.4) is 0 Å². The number of hydrogen-bond donors (Lipinski definition) is 0. The molecule has 0 saturated heterocycles. The Labute approximate surface area is 161 Å². The van der Waals surface area contributed by atoms with Crippen LogP contribution >= 0.6 is 0 Å². The van der Waals surface area contributed by atoms with Crippen LogP contribution in [-0.4, -0.2) is 0 Å². The lowest BCUT2D eigenvalue weighted by Gasteiger charge is -2.02.